The molecular weight excluding hydrogens is 431 g/mol. The van der Waals surface area contributed by atoms with E-state index in [-0.39, 0.29) is 18.6 Å². The van der Waals surface area contributed by atoms with Crippen LogP contribution in [-0.2, 0) is 6.61 Å². The minimum Gasteiger partial charge on any atom is -0.497 e. The number of hydrogen-bond acceptors (Lipinski definition) is 5. The van der Waals surface area contributed by atoms with Crippen LogP contribution in [0.4, 0.5) is 4.39 Å². The molecule has 0 radical (unpaired) electrons. The summed E-state index contributed by atoms with van der Waals surface area (Å²) in [4.78, 5) is 6.93. The van der Waals surface area contributed by atoms with E-state index in [9.17, 15) is 10.2 Å². The molecule has 1 atom stereocenters. The molecule has 1 saturated heterocycles. The fourth-order valence-electron chi connectivity index (χ4n) is 6.01. The number of fused-ring (bicyclic) bond motifs is 1. The number of likely N-dealkylation sites (tertiary alicyclic amines) is 1. The molecule has 1 aliphatic heterocycles. The number of aliphatic hydroxyl groups is 2. The van der Waals surface area contributed by atoms with Crippen molar-refractivity contribution in [2.24, 2.45) is 11.3 Å². The Morgan fingerprint density at radius 2 is 1.94 bits per heavy atom. The Balaban J connectivity index is 1.38. The molecule has 0 bridgehead atoms. The highest BCUT2D eigenvalue weighted by Gasteiger charge is 2.35. The van der Waals surface area contributed by atoms with Crippen LogP contribution in [0.5, 0.6) is 5.75 Å². The smallest absolute Gasteiger partial charge is 0.126 e. The second kappa shape index (κ2) is 11.8. The zero-order chi connectivity index (χ0) is 24.0. The molecule has 34 heavy (non-hydrogen) atoms. The van der Waals surface area contributed by atoms with Crippen molar-refractivity contribution in [3.8, 4) is 5.75 Å². The zero-order valence-corrected chi connectivity index (χ0v) is 20.6. The second-order valence-corrected chi connectivity index (χ2v) is 10.5. The molecule has 5 nitrogen and oxygen atoms in total. The molecule has 1 aromatic heterocycles. The molecule has 6 heteroatoms. The molecule has 1 unspecified atom stereocenters. The van der Waals surface area contributed by atoms with Crippen molar-refractivity contribution in [3.05, 3.63) is 35.5 Å². The maximum atomic E-state index is 15.7. The highest BCUT2D eigenvalue weighted by atomic mass is 19.1. The minimum absolute atomic E-state index is 0.105. The molecular formula is C28H41FN2O3. The number of piperidine rings is 1. The predicted octanol–water partition coefficient (Wildman–Crippen LogP) is 5.57. The van der Waals surface area contributed by atoms with Gasteiger partial charge in [0.1, 0.15) is 11.9 Å². The number of nitrogens with zero attached hydrogens (tertiary/aromatic N) is 2. The van der Waals surface area contributed by atoms with Crippen LogP contribution in [0.3, 0.4) is 0 Å². The predicted molar refractivity (Wildman–Crippen MR) is 134 cm³/mol. The first-order valence-corrected chi connectivity index (χ1v) is 13.1. The fraction of sp³-hybridized carbons (Fsp3) is 0.679. The summed E-state index contributed by atoms with van der Waals surface area (Å²) in [5, 5.41) is 20.8. The molecule has 1 aromatic carbocycles. The topological polar surface area (TPSA) is 65.8 Å². The van der Waals surface area contributed by atoms with Gasteiger partial charge in [-0.1, -0.05) is 32.1 Å². The summed E-state index contributed by atoms with van der Waals surface area (Å²) in [6, 6.07) is 5.44. The molecule has 2 N–H and O–H groups in total. The second-order valence-electron chi connectivity index (χ2n) is 10.5. The van der Waals surface area contributed by atoms with Crippen molar-refractivity contribution in [1.82, 2.24) is 9.88 Å². The van der Waals surface area contributed by atoms with Crippen LogP contribution in [0.1, 0.15) is 81.5 Å². The quantitative estimate of drug-likeness (QED) is 0.473. The van der Waals surface area contributed by atoms with E-state index in [2.05, 4.69) is 9.88 Å². The van der Waals surface area contributed by atoms with Gasteiger partial charge in [0.05, 0.1) is 19.2 Å². The lowest BCUT2D eigenvalue weighted by molar-refractivity contribution is 0.0281. The molecule has 4 rings (SSSR count). The Kier molecular flexibility index (Phi) is 8.78. The van der Waals surface area contributed by atoms with Gasteiger partial charge in [-0.3, -0.25) is 4.98 Å². The van der Waals surface area contributed by atoms with E-state index in [0.717, 1.165) is 38.4 Å². The normalized spacial score (nSPS) is 20.5. The van der Waals surface area contributed by atoms with Crippen molar-refractivity contribution in [3.63, 3.8) is 0 Å². The van der Waals surface area contributed by atoms with Crippen LogP contribution < -0.4 is 4.74 Å². The van der Waals surface area contributed by atoms with Gasteiger partial charge in [-0.25, -0.2) is 4.39 Å². The Morgan fingerprint density at radius 3 is 2.62 bits per heavy atom. The van der Waals surface area contributed by atoms with Gasteiger partial charge in [0.15, 0.2) is 0 Å². The number of rotatable bonds is 10. The molecule has 1 saturated carbocycles. The molecule has 2 heterocycles. The van der Waals surface area contributed by atoms with Gasteiger partial charge in [0.2, 0.25) is 0 Å². The van der Waals surface area contributed by atoms with Gasteiger partial charge < -0.3 is 19.8 Å². The zero-order valence-electron chi connectivity index (χ0n) is 20.6. The van der Waals surface area contributed by atoms with Gasteiger partial charge in [-0.2, -0.15) is 0 Å². The van der Waals surface area contributed by atoms with E-state index in [4.69, 9.17) is 4.74 Å². The van der Waals surface area contributed by atoms with E-state index < -0.39 is 6.17 Å². The lowest BCUT2D eigenvalue weighted by Crippen LogP contribution is -2.42. The monoisotopic (exact) mass is 472 g/mol. The van der Waals surface area contributed by atoms with Crippen LogP contribution in [0.15, 0.2) is 24.4 Å². The summed E-state index contributed by atoms with van der Waals surface area (Å²) in [5.74, 6) is 1.53. The summed E-state index contributed by atoms with van der Waals surface area (Å²) >= 11 is 0. The lowest BCUT2D eigenvalue weighted by Gasteiger charge is -2.41. The van der Waals surface area contributed by atoms with Crippen molar-refractivity contribution in [1.29, 1.82) is 0 Å². The van der Waals surface area contributed by atoms with Crippen LogP contribution >= 0.6 is 0 Å². The SMILES string of the molecule is COc1ccc2ncc(CO)c(C(F)CCC3(CO)CCN(CCC4CCCCC4)CC3)c2c1. The van der Waals surface area contributed by atoms with Crippen LogP contribution in [0.2, 0.25) is 0 Å². The largest absolute Gasteiger partial charge is 0.497 e. The summed E-state index contributed by atoms with van der Waals surface area (Å²) in [7, 11) is 1.59. The van der Waals surface area contributed by atoms with Gasteiger partial charge in [-0.15, -0.1) is 0 Å². The number of alkyl halides is 1. The van der Waals surface area contributed by atoms with Crippen molar-refractivity contribution in [2.75, 3.05) is 33.4 Å². The van der Waals surface area contributed by atoms with Crippen LogP contribution in [-0.4, -0.2) is 53.4 Å². The number of ether oxygens (including phenoxy) is 1. The first kappa shape index (κ1) is 25.3. The number of halogens is 1. The lowest BCUT2D eigenvalue weighted by atomic mass is 9.74. The maximum absolute atomic E-state index is 15.7. The number of methoxy groups -OCH3 is 1. The number of aromatic nitrogens is 1. The Morgan fingerprint density at radius 1 is 1.18 bits per heavy atom. The van der Waals surface area contributed by atoms with Gasteiger partial charge in [0.25, 0.3) is 0 Å². The van der Waals surface area contributed by atoms with Crippen LogP contribution in [0.25, 0.3) is 10.9 Å². The Labute approximate surface area is 203 Å². The van der Waals surface area contributed by atoms with E-state index in [1.807, 2.05) is 12.1 Å². The van der Waals surface area contributed by atoms with E-state index in [1.165, 1.54) is 38.5 Å². The molecule has 188 valence electrons. The Hall–Kier alpha value is -1.76. The number of aliphatic hydroxyl groups excluding tert-OH is 2. The molecule has 2 aromatic rings. The number of benzene rings is 1. The highest BCUT2D eigenvalue weighted by molar-refractivity contribution is 5.85. The Bertz CT molecular complexity index is 918. The summed E-state index contributed by atoms with van der Waals surface area (Å²) < 4.78 is 21.1. The van der Waals surface area contributed by atoms with Gasteiger partial charge in [-0.05, 0) is 81.3 Å². The van der Waals surface area contributed by atoms with Crippen molar-refractivity contribution >= 4 is 10.9 Å². The van der Waals surface area contributed by atoms with Crippen LogP contribution in [0, 0.1) is 11.3 Å². The highest BCUT2D eigenvalue weighted by Crippen LogP contribution is 2.41. The summed E-state index contributed by atoms with van der Waals surface area (Å²) in [6.45, 7) is 2.98. The minimum atomic E-state index is -1.23. The third-order valence-corrected chi connectivity index (χ3v) is 8.44. The fourth-order valence-corrected chi connectivity index (χ4v) is 6.01. The molecule has 0 spiro atoms. The molecule has 1 aliphatic carbocycles. The first-order valence-electron chi connectivity index (χ1n) is 13.1. The maximum Gasteiger partial charge on any atom is 0.126 e. The van der Waals surface area contributed by atoms with E-state index in [1.54, 1.807) is 19.4 Å². The average molecular weight is 473 g/mol. The van der Waals surface area contributed by atoms with Crippen molar-refractivity contribution < 1.29 is 19.3 Å². The molecule has 2 aliphatic rings. The van der Waals surface area contributed by atoms with Gasteiger partial charge in [0, 0.05) is 29.3 Å². The molecule has 2 fully saturated rings. The average Bonchev–Trinajstić information content (AvgIpc) is 2.90. The van der Waals surface area contributed by atoms with E-state index in [0.29, 0.717) is 40.6 Å². The summed E-state index contributed by atoms with van der Waals surface area (Å²) in [6.07, 6.45) is 11.4. The summed E-state index contributed by atoms with van der Waals surface area (Å²) in [5.41, 5.74) is 1.50. The van der Waals surface area contributed by atoms with E-state index >= 15 is 4.39 Å². The standard InChI is InChI=1S/C28H41FN2O3/c1-34-23-7-8-26-24(17-23)27(22(19-32)18-30-26)25(29)9-11-28(20-33)12-15-31(16-13-28)14-10-21-5-3-2-4-6-21/h7-8,17-18,21,25,32-33H,2-6,9-16,19-20H2,1H3. The first-order chi connectivity index (χ1) is 16.6. The number of hydrogen-bond donors (Lipinski definition) is 2. The molecule has 0 amide bonds. The van der Waals surface area contributed by atoms with Gasteiger partial charge >= 0.3 is 0 Å². The van der Waals surface area contributed by atoms with Crippen molar-refractivity contribution in [2.45, 2.75) is 77.0 Å². The number of pyridine rings is 1. The third kappa shape index (κ3) is 5.89. The third-order valence-electron chi connectivity index (χ3n) is 8.44.